The lowest BCUT2D eigenvalue weighted by atomic mass is 10.3. The Morgan fingerprint density at radius 2 is 0.733 bits per heavy atom. The molecular formula is C3H2F6O6. The molecule has 6 nitrogen and oxygen atoms in total. The van der Waals surface area contributed by atoms with Crippen molar-refractivity contribution >= 4 is 0 Å². The van der Waals surface area contributed by atoms with E-state index in [9.17, 15) is 27.2 Å². The average molecular weight is 248 g/mol. The van der Waals surface area contributed by atoms with Gasteiger partial charge in [-0.25, -0.2) is 0 Å². The van der Waals surface area contributed by atoms with Gasteiger partial charge in [0.25, 0.3) is 0 Å². The Bertz CT molecular complexity index is 138. The van der Waals surface area contributed by atoms with Crippen LogP contribution in [0.5, 0.6) is 0 Å². The third-order valence-electron chi connectivity index (χ3n) is 1.14. The molecule has 0 atom stereocenters. The van der Waals surface area contributed by atoms with E-state index in [2.05, 4.69) is 29.6 Å². The molecule has 0 bridgehead atoms. The lowest BCUT2D eigenvalue weighted by Gasteiger charge is -2.25. The van der Waals surface area contributed by atoms with E-state index < -0.39 is 18.4 Å². The summed E-state index contributed by atoms with van der Waals surface area (Å²) in [6.07, 6.45) is -2.15. The molecular weight excluding hydrogens is 246 g/mol. The molecule has 0 heterocycles. The zero-order valence-corrected chi connectivity index (χ0v) is 6.42. The van der Waals surface area contributed by atoms with Gasteiger partial charge in [-0.2, -0.15) is 0 Å². The quantitative estimate of drug-likeness (QED) is 0.484. The second kappa shape index (κ2) is 6.04. The van der Waals surface area contributed by atoms with Crippen LogP contribution < -0.4 is 0 Å². The first kappa shape index (κ1) is 14.3. The van der Waals surface area contributed by atoms with Crippen LogP contribution in [0.25, 0.3) is 0 Å². The van der Waals surface area contributed by atoms with E-state index in [0.717, 1.165) is 0 Å². The molecule has 0 aliphatic rings. The molecule has 92 valence electrons. The zero-order valence-electron chi connectivity index (χ0n) is 6.42. The fraction of sp³-hybridized carbons (Fsp3) is 1.00. The topological polar surface area (TPSA) is 55.4 Å². The molecule has 15 heavy (non-hydrogen) atoms. The first-order valence-corrected chi connectivity index (χ1v) is 2.86. The van der Waals surface area contributed by atoms with Crippen LogP contribution in [-0.4, -0.2) is 11.9 Å². The Balaban J connectivity index is 4.74. The number of rotatable bonds is 8. The van der Waals surface area contributed by atoms with Crippen molar-refractivity contribution in [2.45, 2.75) is 18.4 Å². The van der Waals surface area contributed by atoms with Crippen molar-refractivity contribution in [3.05, 3.63) is 0 Å². The molecule has 0 aliphatic heterocycles. The summed E-state index contributed by atoms with van der Waals surface area (Å²) in [5.74, 6) is -7.96. The lowest BCUT2D eigenvalue weighted by molar-refractivity contribution is -0.608. The lowest BCUT2D eigenvalue weighted by Crippen LogP contribution is -2.45. The Morgan fingerprint density at radius 1 is 0.533 bits per heavy atom. The summed E-state index contributed by atoms with van der Waals surface area (Å²) in [5.41, 5.74) is 0. The summed E-state index contributed by atoms with van der Waals surface area (Å²) in [6.45, 7) is 0. The Morgan fingerprint density at radius 3 is 0.867 bits per heavy atom. The van der Waals surface area contributed by atoms with Crippen LogP contribution in [0.3, 0.4) is 0 Å². The van der Waals surface area contributed by atoms with E-state index in [1.807, 2.05) is 0 Å². The molecule has 0 aromatic carbocycles. The first-order chi connectivity index (χ1) is 7.07. The third kappa shape index (κ3) is 3.15. The highest BCUT2D eigenvalue weighted by Crippen LogP contribution is 2.33. The molecule has 0 aromatic rings. The molecule has 0 aliphatic carbocycles. The SMILES string of the molecule is FOC(CC(OF)(OF)OF)(OF)OF. The van der Waals surface area contributed by atoms with Crippen molar-refractivity contribution in [3.63, 3.8) is 0 Å². The fourth-order valence-corrected chi connectivity index (χ4v) is 0.500. The van der Waals surface area contributed by atoms with Crippen molar-refractivity contribution in [1.29, 1.82) is 0 Å². The predicted molar refractivity (Wildman–Crippen MR) is 23.2 cm³/mol. The van der Waals surface area contributed by atoms with Crippen LogP contribution in [0.2, 0.25) is 0 Å². The van der Waals surface area contributed by atoms with Crippen LogP contribution >= 0.6 is 0 Å². The van der Waals surface area contributed by atoms with E-state index >= 15 is 0 Å². The van der Waals surface area contributed by atoms with E-state index in [1.165, 1.54) is 0 Å². The molecule has 0 fully saturated rings. The van der Waals surface area contributed by atoms with E-state index in [4.69, 9.17) is 0 Å². The highest BCUT2D eigenvalue weighted by molar-refractivity contribution is 4.61. The van der Waals surface area contributed by atoms with Crippen LogP contribution in [0.1, 0.15) is 6.42 Å². The second-order valence-electron chi connectivity index (χ2n) is 2.01. The first-order valence-electron chi connectivity index (χ1n) is 2.86. The number of hydrogen-bond acceptors (Lipinski definition) is 6. The predicted octanol–water partition coefficient (Wildman–Crippen LogP) is 2.09. The standard InChI is InChI=1S/C3H2F6O6/c4-10-2(11-5,12-6)1-3(13-7,14-8)15-9/h1H2. The minimum atomic E-state index is -3.98. The molecule has 0 radical (unpaired) electrons. The maximum absolute atomic E-state index is 11.5. The van der Waals surface area contributed by atoms with Gasteiger partial charge in [-0.1, -0.05) is 0 Å². The van der Waals surface area contributed by atoms with E-state index in [1.54, 1.807) is 0 Å². The van der Waals surface area contributed by atoms with Gasteiger partial charge in [0.2, 0.25) is 0 Å². The van der Waals surface area contributed by atoms with Crippen molar-refractivity contribution in [3.8, 4) is 0 Å². The molecule has 0 spiro atoms. The van der Waals surface area contributed by atoms with Crippen molar-refractivity contribution < 1.29 is 56.8 Å². The summed E-state index contributed by atoms with van der Waals surface area (Å²) in [5, 5.41) is 0. The number of hydrogen-bond donors (Lipinski definition) is 0. The van der Waals surface area contributed by atoms with Crippen molar-refractivity contribution in [2.24, 2.45) is 0 Å². The third-order valence-corrected chi connectivity index (χ3v) is 1.14. The second-order valence-corrected chi connectivity index (χ2v) is 2.01. The normalized spacial score (nSPS) is 13.2. The highest BCUT2D eigenvalue weighted by atomic mass is 19.3. The van der Waals surface area contributed by atoms with Crippen molar-refractivity contribution in [1.82, 2.24) is 0 Å². The van der Waals surface area contributed by atoms with Crippen LogP contribution in [0.4, 0.5) is 27.2 Å². The molecule has 0 unspecified atom stereocenters. The number of halogens is 6. The smallest absolute Gasteiger partial charge is 0.123 e. The summed E-state index contributed by atoms with van der Waals surface area (Å²) >= 11 is 0. The van der Waals surface area contributed by atoms with Gasteiger partial charge in [0.15, 0.2) is 0 Å². The van der Waals surface area contributed by atoms with Gasteiger partial charge < -0.3 is 0 Å². The molecule has 0 rings (SSSR count). The zero-order chi connectivity index (χ0) is 11.9. The molecule has 12 heteroatoms. The van der Waals surface area contributed by atoms with E-state index in [0.29, 0.717) is 0 Å². The van der Waals surface area contributed by atoms with Crippen LogP contribution in [0, 0.1) is 0 Å². The fourth-order valence-electron chi connectivity index (χ4n) is 0.500. The maximum atomic E-state index is 11.5. The van der Waals surface area contributed by atoms with Gasteiger partial charge in [0, 0.05) is 0 Å². The molecule has 0 saturated carbocycles. The molecule has 0 amide bonds. The van der Waals surface area contributed by atoms with Gasteiger partial charge in [0.05, 0.1) is 0 Å². The molecule has 0 aromatic heterocycles. The maximum Gasteiger partial charge on any atom is 0.388 e. The van der Waals surface area contributed by atoms with Gasteiger partial charge in [-0.3, -0.25) is 0 Å². The minimum Gasteiger partial charge on any atom is -0.123 e. The molecule has 0 N–H and O–H groups in total. The van der Waals surface area contributed by atoms with Gasteiger partial charge in [-0.15, -0.1) is 29.6 Å². The summed E-state index contributed by atoms with van der Waals surface area (Å²) in [6, 6.07) is 0. The Kier molecular flexibility index (Phi) is 5.77. The Hall–Kier alpha value is -0.660. The summed E-state index contributed by atoms with van der Waals surface area (Å²) < 4.78 is 68.9. The highest BCUT2D eigenvalue weighted by Gasteiger charge is 2.55. The summed E-state index contributed by atoms with van der Waals surface area (Å²) in [4.78, 5) is 14.2. The molecule has 0 saturated heterocycles. The van der Waals surface area contributed by atoms with E-state index in [-0.39, 0.29) is 0 Å². The minimum absolute atomic E-state index is 2.15. The average Bonchev–Trinajstić information content (AvgIpc) is 2.33. The summed E-state index contributed by atoms with van der Waals surface area (Å²) in [7, 11) is 0. The largest absolute Gasteiger partial charge is 0.388 e. The van der Waals surface area contributed by atoms with Crippen LogP contribution in [-0.2, 0) is 29.6 Å². The van der Waals surface area contributed by atoms with Crippen molar-refractivity contribution in [2.75, 3.05) is 0 Å². The monoisotopic (exact) mass is 248 g/mol. The van der Waals surface area contributed by atoms with Gasteiger partial charge in [0.1, 0.15) is 6.42 Å². The Labute approximate surface area is 76.5 Å². The van der Waals surface area contributed by atoms with Gasteiger partial charge >= 0.3 is 11.9 Å². The van der Waals surface area contributed by atoms with Crippen LogP contribution in [0.15, 0.2) is 0 Å². The van der Waals surface area contributed by atoms with Gasteiger partial charge in [-0.05, 0) is 27.2 Å².